The first-order valence-corrected chi connectivity index (χ1v) is 6.99. The lowest BCUT2D eigenvalue weighted by Crippen LogP contribution is -1.85. The van der Waals surface area contributed by atoms with Gasteiger partial charge in [0, 0.05) is 24.1 Å². The molecule has 0 N–H and O–H groups in total. The van der Waals surface area contributed by atoms with E-state index in [9.17, 15) is 4.79 Å². The van der Waals surface area contributed by atoms with E-state index < -0.39 is 0 Å². The van der Waals surface area contributed by atoms with Gasteiger partial charge in [0.05, 0.1) is 11.0 Å². The lowest BCUT2D eigenvalue weighted by Gasteiger charge is -1.83. The van der Waals surface area contributed by atoms with Crippen molar-refractivity contribution < 1.29 is 24.6 Å². The molecule has 4 rings (SSSR count). The van der Waals surface area contributed by atoms with Gasteiger partial charge in [0.2, 0.25) is 0 Å². The van der Waals surface area contributed by atoms with E-state index in [1.807, 2.05) is 6.92 Å². The Hall–Kier alpha value is -2.81. The molecule has 0 atom stereocenters. The second kappa shape index (κ2) is 7.64. The first-order valence-electron chi connectivity index (χ1n) is 11.0. The van der Waals surface area contributed by atoms with Crippen LogP contribution in [0.15, 0.2) is 69.3 Å². The first kappa shape index (κ1) is 9.48. The third kappa shape index (κ3) is 3.74. The van der Waals surface area contributed by atoms with Crippen molar-refractivity contribution in [2.45, 2.75) is 27.7 Å². The minimum atomic E-state index is -0.359. The predicted octanol–water partition coefficient (Wildman–Crippen LogP) is 6.27. The van der Waals surface area contributed by atoms with Crippen molar-refractivity contribution in [2.75, 3.05) is 0 Å². The van der Waals surface area contributed by atoms with Gasteiger partial charge in [0.1, 0.15) is 16.9 Å². The molecule has 0 bridgehead atoms. The maximum absolute atomic E-state index is 11.1. The average Bonchev–Trinajstić information content (AvgIpc) is 3.39. The summed E-state index contributed by atoms with van der Waals surface area (Å²) in [6.07, 6.45) is 0.675. The Morgan fingerprint density at radius 2 is 1.50 bits per heavy atom. The molecule has 0 spiro atoms. The fourth-order valence-corrected chi connectivity index (χ4v) is 1.93. The van der Waals surface area contributed by atoms with Gasteiger partial charge in [-0.2, -0.15) is 0 Å². The molecule has 3 heteroatoms. The van der Waals surface area contributed by atoms with E-state index in [1.54, 1.807) is 6.07 Å². The lowest BCUT2D eigenvalue weighted by molar-refractivity contribution is 0.0989. The molecule has 0 saturated carbocycles. The molecule has 4 aromatic rings. The highest BCUT2D eigenvalue weighted by Gasteiger charge is 2.05. The van der Waals surface area contributed by atoms with Gasteiger partial charge in [0.15, 0.2) is 11.5 Å². The minimum Gasteiger partial charge on any atom is -0.461 e. The minimum absolute atomic E-state index is 0. The molecular formula is C21H22O3. The zero-order valence-electron chi connectivity index (χ0n) is 20.6. The Balaban J connectivity index is 0.000000220. The summed E-state index contributed by atoms with van der Waals surface area (Å²) in [4.78, 5) is 11.1. The fourth-order valence-electron chi connectivity index (χ4n) is 1.93. The third-order valence-corrected chi connectivity index (χ3v) is 3.08. The molecule has 0 radical (unpaired) electrons. The largest absolute Gasteiger partial charge is 0.461 e. The maximum Gasteiger partial charge on any atom is 0.194 e. The second-order valence-corrected chi connectivity index (χ2v) is 4.72. The Labute approximate surface area is 153 Å². The number of Topliss-reactive ketones (excluding diaryl/α,β-unsaturated/α-hetero) is 1. The van der Waals surface area contributed by atoms with Gasteiger partial charge < -0.3 is 8.83 Å². The highest BCUT2D eigenvalue weighted by molar-refractivity contribution is 5.95. The normalized spacial score (nSPS) is 14.8. The summed E-state index contributed by atoms with van der Waals surface area (Å²) in [6.45, 7) is 3.22. The molecule has 2 aromatic carbocycles. The second-order valence-electron chi connectivity index (χ2n) is 4.72. The Morgan fingerprint density at radius 3 is 2.08 bits per heavy atom. The van der Waals surface area contributed by atoms with Crippen LogP contribution >= 0.6 is 0 Å². The zero-order valence-corrected chi connectivity index (χ0v) is 12.6. The lowest BCUT2D eigenvalue weighted by atomic mass is 10.2. The summed E-state index contributed by atoms with van der Waals surface area (Å²) >= 11 is 0. The highest BCUT2D eigenvalue weighted by atomic mass is 16.3. The van der Waals surface area contributed by atoms with Gasteiger partial charge in [-0.3, -0.25) is 4.79 Å². The fraction of sp³-hybridized carbons (Fsp3) is 0.190. The summed E-state index contributed by atoms with van der Waals surface area (Å²) in [5.41, 5.74) is 0.272. The van der Waals surface area contributed by atoms with E-state index in [2.05, 4.69) is 0 Å². The quantitative estimate of drug-likeness (QED) is 0.407. The monoisotopic (exact) mass is 330 g/mol. The van der Waals surface area contributed by atoms with Crippen molar-refractivity contribution in [1.29, 1.82) is 0 Å². The van der Waals surface area contributed by atoms with Crippen molar-refractivity contribution >= 4 is 27.7 Å². The van der Waals surface area contributed by atoms with E-state index in [0.717, 1.165) is 0 Å². The molecule has 0 aliphatic rings. The van der Waals surface area contributed by atoms with Crippen molar-refractivity contribution in [2.24, 2.45) is 0 Å². The van der Waals surface area contributed by atoms with E-state index >= 15 is 0 Å². The maximum atomic E-state index is 11.1. The average molecular weight is 330 g/mol. The number of rotatable bonds is 2. The van der Waals surface area contributed by atoms with Crippen LogP contribution < -0.4 is 0 Å². The number of ketones is 1. The Bertz CT molecular complexity index is 1250. The van der Waals surface area contributed by atoms with Crippen LogP contribution in [-0.4, -0.2) is 5.78 Å². The van der Waals surface area contributed by atoms with E-state index in [4.69, 9.17) is 19.8 Å². The summed E-state index contributed by atoms with van der Waals surface area (Å²) in [7, 11) is 0. The number of carbonyl (C=O) groups excluding carboxylic acids is 1. The molecule has 124 valence electrons. The van der Waals surface area contributed by atoms with Gasteiger partial charge in [-0.25, -0.2) is 0 Å². The van der Waals surface area contributed by atoms with E-state index in [1.165, 1.54) is 13.0 Å². The molecule has 0 unspecified atom stereocenters. The smallest absolute Gasteiger partial charge is 0.194 e. The van der Waals surface area contributed by atoms with E-state index in [0.29, 0.717) is 17.6 Å². The van der Waals surface area contributed by atoms with Crippen LogP contribution in [-0.2, 0) is 6.42 Å². The predicted molar refractivity (Wildman–Crippen MR) is 98.5 cm³/mol. The molecular weight excluding hydrogens is 300 g/mol. The first-order chi connectivity index (χ1) is 14.5. The molecule has 0 aliphatic heterocycles. The zero-order chi connectivity index (χ0) is 23.2. The number of hydrogen-bond donors (Lipinski definition) is 0. The van der Waals surface area contributed by atoms with Crippen LogP contribution in [0, 0.1) is 0 Å². The van der Waals surface area contributed by atoms with Crippen LogP contribution in [0.3, 0.4) is 0 Å². The van der Waals surface area contributed by atoms with Crippen LogP contribution in [0.2, 0.25) is 0 Å². The van der Waals surface area contributed by atoms with Crippen molar-refractivity contribution in [3.8, 4) is 0 Å². The van der Waals surface area contributed by atoms with E-state index in [-0.39, 0.29) is 83.9 Å². The number of hydrogen-bond acceptors (Lipinski definition) is 3. The van der Waals surface area contributed by atoms with Crippen LogP contribution in [0.25, 0.3) is 21.9 Å². The van der Waals surface area contributed by atoms with Crippen LogP contribution in [0.5, 0.6) is 0 Å². The van der Waals surface area contributed by atoms with Crippen molar-refractivity contribution in [3.05, 3.63) is 72.0 Å². The summed E-state index contributed by atoms with van der Waals surface area (Å²) in [5.74, 6) is 0.409. The molecule has 0 amide bonds. The summed E-state index contributed by atoms with van der Waals surface area (Å²) in [5, 5.41) is 0.689. The Morgan fingerprint density at radius 1 is 0.958 bits per heavy atom. The van der Waals surface area contributed by atoms with Gasteiger partial charge in [0.25, 0.3) is 0 Å². The standard InChI is InChI=1S/C10H8O2.C10H10O.CH4/c1-7(11)10-6-8-4-2-3-5-9(8)12-10;1-2-9-7-8-5-3-4-6-10(8)11-9;/h2-6H,1H3;3-7H,2H2,1H3;1H4/i2D,3D,4D,5D;3D,4D,5D,6D;. The summed E-state index contributed by atoms with van der Waals surface area (Å²) in [6, 6.07) is 1.29. The van der Waals surface area contributed by atoms with Gasteiger partial charge in [-0.1, -0.05) is 50.6 Å². The third-order valence-electron chi connectivity index (χ3n) is 3.08. The van der Waals surface area contributed by atoms with Gasteiger partial charge in [-0.05, 0) is 24.2 Å². The molecule has 0 aliphatic carbocycles. The molecule has 24 heavy (non-hydrogen) atoms. The number of fused-ring (bicyclic) bond motifs is 2. The Kier molecular flexibility index (Phi) is 3.02. The molecule has 3 nitrogen and oxygen atoms in total. The number of aryl methyl sites for hydroxylation is 1. The molecule has 0 saturated heterocycles. The van der Waals surface area contributed by atoms with Gasteiger partial charge >= 0.3 is 0 Å². The molecule has 2 heterocycles. The topological polar surface area (TPSA) is 43.4 Å². The SMILES string of the molecule is C.[2H]c1c([2H])c([2H])c2oc(C(C)=O)cc2c1[2H].[2H]c1c([2H])c([2H])c2oc(CC)cc2c1[2H]. The number of carbonyl (C=O) groups is 1. The highest BCUT2D eigenvalue weighted by Crippen LogP contribution is 2.19. The van der Waals surface area contributed by atoms with Crippen LogP contribution in [0.4, 0.5) is 0 Å². The number of para-hydroxylation sites is 2. The number of benzene rings is 2. The van der Waals surface area contributed by atoms with Crippen LogP contribution in [0.1, 0.15) is 48.6 Å². The van der Waals surface area contributed by atoms with Crippen molar-refractivity contribution in [1.82, 2.24) is 0 Å². The number of furan rings is 2. The van der Waals surface area contributed by atoms with Gasteiger partial charge in [-0.15, -0.1) is 0 Å². The summed E-state index contributed by atoms with van der Waals surface area (Å²) < 4.78 is 70.8. The molecule has 0 fully saturated rings. The molecule has 2 aromatic heterocycles. The van der Waals surface area contributed by atoms with Crippen molar-refractivity contribution in [3.63, 3.8) is 0 Å².